The summed E-state index contributed by atoms with van der Waals surface area (Å²) in [5.74, 6) is 1.85. The molecule has 0 unspecified atom stereocenters. The number of aromatic nitrogens is 1. The first kappa shape index (κ1) is 18.1. The number of likely N-dealkylation sites (tertiary alicyclic amines) is 1. The van der Waals surface area contributed by atoms with Crippen molar-refractivity contribution in [2.24, 2.45) is 0 Å². The van der Waals surface area contributed by atoms with Crippen molar-refractivity contribution in [1.82, 2.24) is 9.88 Å². The fourth-order valence-electron chi connectivity index (χ4n) is 3.71. The Balaban J connectivity index is 1.31. The van der Waals surface area contributed by atoms with Crippen molar-refractivity contribution in [2.45, 2.75) is 31.8 Å². The van der Waals surface area contributed by atoms with Gasteiger partial charge in [0.1, 0.15) is 17.7 Å². The number of pyridine rings is 1. The molecule has 2 fully saturated rings. The molecule has 1 aromatic carbocycles. The summed E-state index contributed by atoms with van der Waals surface area (Å²) in [6.07, 6.45) is 5.93. The number of nitrogens with zero attached hydrogens (tertiary/aromatic N) is 3. The topological polar surface area (TPSA) is 45.7 Å². The van der Waals surface area contributed by atoms with Crippen LogP contribution in [0.1, 0.15) is 36.0 Å². The second kappa shape index (κ2) is 8.17. The summed E-state index contributed by atoms with van der Waals surface area (Å²) >= 11 is 5.91. The van der Waals surface area contributed by atoms with E-state index < -0.39 is 0 Å². The van der Waals surface area contributed by atoms with Crippen LogP contribution in [0.2, 0.25) is 5.02 Å². The van der Waals surface area contributed by atoms with Gasteiger partial charge in [0.05, 0.1) is 5.56 Å². The van der Waals surface area contributed by atoms with Gasteiger partial charge in [-0.25, -0.2) is 4.98 Å². The van der Waals surface area contributed by atoms with Gasteiger partial charge in [-0.05, 0) is 49.2 Å². The van der Waals surface area contributed by atoms with Gasteiger partial charge < -0.3 is 14.5 Å². The first-order valence-electron chi connectivity index (χ1n) is 9.61. The lowest BCUT2D eigenvalue weighted by molar-refractivity contribution is 0.0595. The zero-order valence-electron chi connectivity index (χ0n) is 15.3. The summed E-state index contributed by atoms with van der Waals surface area (Å²) in [5.41, 5.74) is 0.662. The summed E-state index contributed by atoms with van der Waals surface area (Å²) in [6.45, 7) is 3.51. The van der Waals surface area contributed by atoms with E-state index in [2.05, 4.69) is 9.88 Å². The number of ether oxygens (including phenoxy) is 1. The number of hydrogen-bond donors (Lipinski definition) is 0. The smallest absolute Gasteiger partial charge is 0.255 e. The Kier molecular flexibility index (Phi) is 5.48. The summed E-state index contributed by atoms with van der Waals surface area (Å²) in [6, 6.07) is 11.3. The highest BCUT2D eigenvalue weighted by Gasteiger charge is 2.25. The fraction of sp³-hybridized carbons (Fsp3) is 0.429. The SMILES string of the molecule is O=C(c1ccc(N2CCCC2)nc1)N1CCC(Oc2ccc(Cl)cc2)CC1. The van der Waals surface area contributed by atoms with Crippen LogP contribution in [0.25, 0.3) is 0 Å². The summed E-state index contributed by atoms with van der Waals surface area (Å²) < 4.78 is 6.00. The van der Waals surface area contributed by atoms with E-state index in [0.717, 1.165) is 37.5 Å². The van der Waals surface area contributed by atoms with Crippen molar-refractivity contribution in [3.05, 3.63) is 53.2 Å². The van der Waals surface area contributed by atoms with Crippen molar-refractivity contribution < 1.29 is 9.53 Å². The highest BCUT2D eigenvalue weighted by atomic mass is 35.5. The maximum Gasteiger partial charge on any atom is 0.255 e. The van der Waals surface area contributed by atoms with Crippen molar-refractivity contribution >= 4 is 23.3 Å². The quantitative estimate of drug-likeness (QED) is 0.797. The zero-order valence-corrected chi connectivity index (χ0v) is 16.1. The average Bonchev–Trinajstić information content (AvgIpc) is 3.25. The number of hydrogen-bond acceptors (Lipinski definition) is 4. The van der Waals surface area contributed by atoms with Crippen LogP contribution >= 0.6 is 11.6 Å². The number of anilines is 1. The Morgan fingerprint density at radius 1 is 1.00 bits per heavy atom. The van der Waals surface area contributed by atoms with Gasteiger partial charge in [-0.15, -0.1) is 0 Å². The number of carbonyl (C=O) groups is 1. The molecule has 2 aliphatic rings. The van der Waals surface area contributed by atoms with Crippen LogP contribution in [-0.2, 0) is 0 Å². The van der Waals surface area contributed by atoms with Gasteiger partial charge in [-0.3, -0.25) is 4.79 Å². The predicted molar refractivity (Wildman–Crippen MR) is 107 cm³/mol. The molecule has 2 aromatic rings. The third-order valence-corrected chi connectivity index (χ3v) is 5.52. The summed E-state index contributed by atoms with van der Waals surface area (Å²) in [5, 5.41) is 0.701. The maximum atomic E-state index is 12.8. The van der Waals surface area contributed by atoms with Crippen molar-refractivity contribution in [3.8, 4) is 5.75 Å². The van der Waals surface area contributed by atoms with Crippen molar-refractivity contribution in [3.63, 3.8) is 0 Å². The molecule has 27 heavy (non-hydrogen) atoms. The van der Waals surface area contributed by atoms with Crippen LogP contribution in [0.3, 0.4) is 0 Å². The lowest BCUT2D eigenvalue weighted by Gasteiger charge is -2.32. The van der Waals surface area contributed by atoms with Gasteiger partial charge in [0, 0.05) is 50.2 Å². The van der Waals surface area contributed by atoms with Crippen LogP contribution in [0.15, 0.2) is 42.6 Å². The molecular formula is C21H24ClN3O2. The molecule has 0 aliphatic carbocycles. The Hall–Kier alpha value is -2.27. The maximum absolute atomic E-state index is 12.8. The molecule has 5 nitrogen and oxygen atoms in total. The van der Waals surface area contributed by atoms with E-state index in [1.54, 1.807) is 6.20 Å². The zero-order chi connectivity index (χ0) is 18.6. The first-order chi connectivity index (χ1) is 13.2. The predicted octanol–water partition coefficient (Wildman–Crippen LogP) is 4.02. The van der Waals surface area contributed by atoms with Crippen LogP contribution in [0.4, 0.5) is 5.82 Å². The van der Waals surface area contributed by atoms with E-state index in [-0.39, 0.29) is 12.0 Å². The Morgan fingerprint density at radius 3 is 2.33 bits per heavy atom. The van der Waals surface area contributed by atoms with Crippen molar-refractivity contribution in [2.75, 3.05) is 31.1 Å². The molecule has 142 valence electrons. The Morgan fingerprint density at radius 2 is 1.70 bits per heavy atom. The van der Waals surface area contributed by atoms with Gasteiger partial charge in [0.15, 0.2) is 0 Å². The normalized spacial score (nSPS) is 18.0. The average molecular weight is 386 g/mol. The first-order valence-corrected chi connectivity index (χ1v) is 9.99. The van der Waals surface area contributed by atoms with Gasteiger partial charge in [0.25, 0.3) is 5.91 Å². The standard InChI is InChI=1S/C21H24ClN3O2/c22-17-4-6-18(7-5-17)27-19-9-13-25(14-10-19)21(26)16-3-8-20(23-15-16)24-11-1-2-12-24/h3-8,15,19H,1-2,9-14H2. The third-order valence-electron chi connectivity index (χ3n) is 5.27. The number of piperidine rings is 1. The van der Waals surface area contributed by atoms with Crippen LogP contribution in [-0.4, -0.2) is 48.1 Å². The van der Waals surface area contributed by atoms with Gasteiger partial charge in [-0.2, -0.15) is 0 Å². The molecule has 0 bridgehead atoms. The molecule has 0 atom stereocenters. The molecule has 0 saturated carbocycles. The van der Waals surface area contributed by atoms with Crippen LogP contribution in [0.5, 0.6) is 5.75 Å². The summed E-state index contributed by atoms with van der Waals surface area (Å²) in [7, 11) is 0. The molecule has 2 aliphatic heterocycles. The highest BCUT2D eigenvalue weighted by Crippen LogP contribution is 2.23. The molecule has 0 spiro atoms. The van der Waals surface area contributed by atoms with Crippen molar-refractivity contribution in [1.29, 1.82) is 0 Å². The third kappa shape index (κ3) is 4.35. The molecule has 1 amide bonds. The Bertz CT molecular complexity index is 765. The van der Waals surface area contributed by atoms with Gasteiger partial charge in [0.2, 0.25) is 0 Å². The molecule has 0 N–H and O–H groups in total. The lowest BCUT2D eigenvalue weighted by atomic mass is 10.1. The summed E-state index contributed by atoms with van der Waals surface area (Å²) in [4.78, 5) is 21.4. The number of halogens is 1. The molecule has 2 saturated heterocycles. The number of benzene rings is 1. The second-order valence-electron chi connectivity index (χ2n) is 7.16. The van der Waals surface area contributed by atoms with E-state index in [0.29, 0.717) is 23.7 Å². The minimum atomic E-state index is 0.0559. The van der Waals surface area contributed by atoms with E-state index in [9.17, 15) is 4.79 Å². The van der Waals surface area contributed by atoms with Crippen LogP contribution < -0.4 is 9.64 Å². The highest BCUT2D eigenvalue weighted by molar-refractivity contribution is 6.30. The van der Waals surface area contributed by atoms with Gasteiger partial charge in [-0.1, -0.05) is 11.6 Å². The number of rotatable bonds is 4. The number of amides is 1. The van der Waals surface area contributed by atoms with Crippen LogP contribution in [0, 0.1) is 0 Å². The largest absolute Gasteiger partial charge is 0.490 e. The van der Waals surface area contributed by atoms with E-state index in [4.69, 9.17) is 16.3 Å². The Labute approximate surface area is 164 Å². The number of carbonyl (C=O) groups excluding carboxylic acids is 1. The lowest BCUT2D eigenvalue weighted by Crippen LogP contribution is -2.41. The minimum Gasteiger partial charge on any atom is -0.490 e. The van der Waals surface area contributed by atoms with E-state index in [1.807, 2.05) is 41.3 Å². The molecular weight excluding hydrogens is 362 g/mol. The second-order valence-corrected chi connectivity index (χ2v) is 7.60. The molecule has 0 radical (unpaired) electrons. The van der Waals surface area contributed by atoms with Gasteiger partial charge >= 0.3 is 0 Å². The molecule has 6 heteroatoms. The minimum absolute atomic E-state index is 0.0559. The molecule has 3 heterocycles. The van der Waals surface area contributed by atoms with E-state index >= 15 is 0 Å². The van der Waals surface area contributed by atoms with E-state index in [1.165, 1.54) is 12.8 Å². The molecule has 1 aromatic heterocycles. The fourth-order valence-corrected chi connectivity index (χ4v) is 3.84. The molecule has 4 rings (SSSR count). The monoisotopic (exact) mass is 385 g/mol.